The number of hydrogen-bond acceptors (Lipinski definition) is 3. The van der Waals surface area contributed by atoms with Crippen LogP contribution in [0.5, 0.6) is 0 Å². The van der Waals surface area contributed by atoms with Gasteiger partial charge in [0, 0.05) is 18.8 Å². The predicted molar refractivity (Wildman–Crippen MR) is 33.7 cm³/mol. The molecule has 2 bridgehead atoms. The van der Waals surface area contributed by atoms with Crippen molar-refractivity contribution in [2.24, 2.45) is 0 Å². The molecule has 1 fully saturated rings. The van der Waals surface area contributed by atoms with E-state index in [-0.39, 0.29) is 0 Å². The maximum absolute atomic E-state index is 5.46. The van der Waals surface area contributed by atoms with Crippen LogP contribution in [0.15, 0.2) is 24.1 Å². The Bertz CT molecular complexity index is 246. The number of hydrogen-bond donors (Lipinski definition) is 0. The monoisotopic (exact) mass is 137 g/mol. The van der Waals surface area contributed by atoms with Gasteiger partial charge >= 0.3 is 5.91 Å². The van der Waals surface area contributed by atoms with Gasteiger partial charge in [0.1, 0.15) is 12.4 Å². The Morgan fingerprint density at radius 1 is 1.60 bits per heavy atom. The topological polar surface area (TPSA) is 21.7 Å². The average Bonchev–Trinajstić information content (AvgIpc) is 2.48. The molecular weight excluding hydrogens is 130 g/mol. The van der Waals surface area contributed by atoms with Gasteiger partial charge in [-0.05, 0) is 0 Å². The fraction of sp³-hybridized carbons (Fsp3) is 0.429. The van der Waals surface area contributed by atoms with Crippen molar-refractivity contribution in [2.75, 3.05) is 13.2 Å². The van der Waals surface area contributed by atoms with Gasteiger partial charge in [-0.2, -0.15) is 0 Å². The first-order valence-corrected chi connectivity index (χ1v) is 3.37. The Morgan fingerprint density at radius 2 is 2.60 bits per heavy atom. The zero-order valence-corrected chi connectivity index (χ0v) is 5.41. The summed E-state index contributed by atoms with van der Waals surface area (Å²) in [5.41, 5.74) is 0. The van der Waals surface area contributed by atoms with E-state index < -0.39 is 5.91 Å². The van der Waals surface area contributed by atoms with Crippen molar-refractivity contribution in [3.63, 3.8) is 0 Å². The average molecular weight is 137 g/mol. The van der Waals surface area contributed by atoms with E-state index in [0.717, 1.165) is 12.3 Å². The third-order valence-corrected chi connectivity index (χ3v) is 2.03. The normalized spacial score (nSPS) is 40.0. The van der Waals surface area contributed by atoms with Gasteiger partial charge in [-0.25, -0.2) is 0 Å². The van der Waals surface area contributed by atoms with Crippen LogP contribution in [0.2, 0.25) is 0 Å². The van der Waals surface area contributed by atoms with Crippen LogP contribution in [0.1, 0.15) is 0 Å². The van der Waals surface area contributed by atoms with Gasteiger partial charge < -0.3 is 14.4 Å². The Hall–Kier alpha value is -0.960. The van der Waals surface area contributed by atoms with E-state index in [1.165, 1.54) is 0 Å². The molecule has 1 unspecified atom stereocenters. The molecule has 1 atom stereocenters. The van der Waals surface area contributed by atoms with E-state index in [0.29, 0.717) is 6.61 Å². The largest absolute Gasteiger partial charge is 0.441 e. The zero-order valence-electron chi connectivity index (χ0n) is 5.41. The van der Waals surface area contributed by atoms with Gasteiger partial charge in [0.15, 0.2) is 0 Å². The number of ether oxygens (including phenoxy) is 2. The van der Waals surface area contributed by atoms with Gasteiger partial charge in [-0.1, -0.05) is 6.08 Å². The minimum Gasteiger partial charge on any atom is -0.441 e. The van der Waals surface area contributed by atoms with Crippen molar-refractivity contribution < 1.29 is 9.47 Å². The Kier molecular flexibility index (Phi) is 0.587. The second-order valence-electron chi connectivity index (χ2n) is 2.67. The molecule has 3 heteroatoms. The molecule has 3 aliphatic rings. The highest BCUT2D eigenvalue weighted by Gasteiger charge is 2.49. The molecule has 0 aromatic heterocycles. The summed E-state index contributed by atoms with van der Waals surface area (Å²) >= 11 is 0. The lowest BCUT2D eigenvalue weighted by Crippen LogP contribution is -2.39. The lowest BCUT2D eigenvalue weighted by Gasteiger charge is -2.26. The molecule has 0 aromatic carbocycles. The molecule has 3 rings (SSSR count). The molecule has 0 N–H and O–H groups in total. The van der Waals surface area contributed by atoms with Crippen molar-refractivity contribution in [2.45, 2.75) is 5.91 Å². The lowest BCUT2D eigenvalue weighted by atomic mass is 10.4. The third kappa shape index (κ3) is 0.351. The Morgan fingerprint density at radius 3 is 3.40 bits per heavy atom. The number of nitrogens with zero attached hydrogens (tertiary/aromatic N) is 1. The van der Waals surface area contributed by atoms with Crippen molar-refractivity contribution >= 4 is 0 Å². The molecule has 0 aromatic rings. The fourth-order valence-corrected chi connectivity index (χ4v) is 1.56. The minimum atomic E-state index is -0.519. The molecule has 3 nitrogen and oxygen atoms in total. The van der Waals surface area contributed by atoms with Gasteiger partial charge in [0.25, 0.3) is 0 Å². The molecule has 1 saturated heterocycles. The van der Waals surface area contributed by atoms with Gasteiger partial charge in [0.05, 0.1) is 0 Å². The first-order chi connectivity index (χ1) is 4.89. The van der Waals surface area contributed by atoms with Crippen LogP contribution < -0.4 is 0 Å². The standard InChI is InChI=1S/C7H7NO2/c1-2-7-8(3-1)4-6(10-7)5-9-7/h1-2,4H,3,5H2. The summed E-state index contributed by atoms with van der Waals surface area (Å²) in [6.07, 6.45) is 6.03. The summed E-state index contributed by atoms with van der Waals surface area (Å²) in [5.74, 6) is 0.430. The third-order valence-electron chi connectivity index (χ3n) is 2.03. The van der Waals surface area contributed by atoms with Gasteiger partial charge in [-0.15, -0.1) is 0 Å². The van der Waals surface area contributed by atoms with Crippen molar-refractivity contribution in [3.05, 3.63) is 24.1 Å². The van der Waals surface area contributed by atoms with Crippen LogP contribution in [0.4, 0.5) is 0 Å². The Labute approximate surface area is 58.5 Å². The summed E-state index contributed by atoms with van der Waals surface area (Å²) < 4.78 is 10.9. The van der Waals surface area contributed by atoms with Crippen LogP contribution in [-0.4, -0.2) is 24.0 Å². The summed E-state index contributed by atoms with van der Waals surface area (Å²) in [4.78, 5) is 2.05. The summed E-state index contributed by atoms with van der Waals surface area (Å²) in [6, 6.07) is 0. The molecule has 3 heterocycles. The SMILES string of the molecule is C1=CC23OCC(=CN2C1)O3. The second-order valence-corrected chi connectivity index (χ2v) is 2.67. The van der Waals surface area contributed by atoms with Gasteiger partial charge in [0.2, 0.25) is 0 Å². The first kappa shape index (κ1) is 4.79. The zero-order chi connectivity index (χ0) is 6.60. The Balaban J connectivity index is 2.14. The highest BCUT2D eigenvalue weighted by Crippen LogP contribution is 2.40. The van der Waals surface area contributed by atoms with E-state index in [9.17, 15) is 0 Å². The fourth-order valence-electron chi connectivity index (χ4n) is 1.56. The quantitative estimate of drug-likeness (QED) is 0.451. The van der Waals surface area contributed by atoms with E-state index in [2.05, 4.69) is 6.08 Å². The van der Waals surface area contributed by atoms with Crippen molar-refractivity contribution in [1.29, 1.82) is 0 Å². The van der Waals surface area contributed by atoms with Crippen molar-refractivity contribution in [1.82, 2.24) is 4.90 Å². The minimum absolute atomic E-state index is 0.519. The maximum atomic E-state index is 5.46. The molecule has 0 amide bonds. The van der Waals surface area contributed by atoms with E-state index in [1.807, 2.05) is 17.2 Å². The van der Waals surface area contributed by atoms with Crippen LogP contribution in [0.25, 0.3) is 0 Å². The molecule has 52 valence electrons. The smallest absolute Gasteiger partial charge is 0.316 e. The molecule has 0 radical (unpaired) electrons. The lowest BCUT2D eigenvalue weighted by molar-refractivity contribution is -0.173. The first-order valence-electron chi connectivity index (χ1n) is 3.37. The highest BCUT2D eigenvalue weighted by molar-refractivity contribution is 5.20. The molecule has 10 heavy (non-hydrogen) atoms. The van der Waals surface area contributed by atoms with Crippen LogP contribution >= 0.6 is 0 Å². The second kappa shape index (κ2) is 1.22. The molecule has 3 aliphatic heterocycles. The molecule has 0 saturated carbocycles. The summed E-state index contributed by atoms with van der Waals surface area (Å²) in [5, 5.41) is 0. The summed E-state index contributed by atoms with van der Waals surface area (Å²) in [6.45, 7) is 1.53. The maximum Gasteiger partial charge on any atom is 0.316 e. The van der Waals surface area contributed by atoms with Crippen molar-refractivity contribution in [3.8, 4) is 0 Å². The van der Waals surface area contributed by atoms with Crippen LogP contribution in [0.3, 0.4) is 0 Å². The van der Waals surface area contributed by atoms with Crippen LogP contribution in [0, 0.1) is 0 Å². The highest BCUT2D eigenvalue weighted by atomic mass is 16.8. The molecular formula is C7H7NO2. The summed E-state index contributed by atoms with van der Waals surface area (Å²) in [7, 11) is 0. The van der Waals surface area contributed by atoms with Gasteiger partial charge in [-0.3, -0.25) is 0 Å². The van der Waals surface area contributed by atoms with Crippen LogP contribution in [-0.2, 0) is 9.47 Å². The molecule has 0 aliphatic carbocycles. The van der Waals surface area contributed by atoms with E-state index in [1.54, 1.807) is 0 Å². The number of rotatable bonds is 0. The van der Waals surface area contributed by atoms with E-state index >= 15 is 0 Å². The predicted octanol–water partition coefficient (Wildman–Crippen LogP) is 0.414. The molecule has 1 spiro atoms. The number of fused-ring (bicyclic) bond motifs is 1. The van der Waals surface area contributed by atoms with E-state index in [4.69, 9.17) is 9.47 Å².